The highest BCUT2D eigenvalue weighted by molar-refractivity contribution is 7.10. The van der Waals surface area contributed by atoms with Crippen LogP contribution in [0.5, 0.6) is 0 Å². The second-order valence-corrected chi connectivity index (χ2v) is 8.47. The molecule has 1 amide bonds. The number of hydrazone groups is 1. The van der Waals surface area contributed by atoms with E-state index in [9.17, 15) is 4.79 Å². The van der Waals surface area contributed by atoms with Crippen LogP contribution >= 0.6 is 11.3 Å². The van der Waals surface area contributed by atoms with Gasteiger partial charge in [-0.2, -0.15) is 5.10 Å². The van der Waals surface area contributed by atoms with Crippen molar-refractivity contribution < 1.29 is 9.21 Å². The Morgan fingerprint density at radius 3 is 2.88 bits per heavy atom. The third-order valence-electron chi connectivity index (χ3n) is 4.74. The van der Waals surface area contributed by atoms with Gasteiger partial charge in [0.05, 0.1) is 11.8 Å². The number of thiophene rings is 1. The number of carbonyl (C=O) groups is 1. The summed E-state index contributed by atoms with van der Waals surface area (Å²) in [6.45, 7) is 8.78. The van der Waals surface area contributed by atoms with E-state index in [4.69, 9.17) is 4.42 Å². The molecular weight excluding hydrogens is 320 g/mol. The van der Waals surface area contributed by atoms with Gasteiger partial charge in [0.25, 0.3) is 5.91 Å². The van der Waals surface area contributed by atoms with Crippen molar-refractivity contribution >= 4 is 23.5 Å². The average Bonchev–Trinajstić information content (AvgIpc) is 3.11. The van der Waals surface area contributed by atoms with Gasteiger partial charge in [-0.25, -0.2) is 5.43 Å². The Balaban J connectivity index is 1.67. The van der Waals surface area contributed by atoms with Crippen LogP contribution in [0.25, 0.3) is 0 Å². The molecule has 0 fully saturated rings. The maximum absolute atomic E-state index is 12.4. The Morgan fingerprint density at radius 2 is 2.21 bits per heavy atom. The third-order valence-corrected chi connectivity index (χ3v) is 5.79. The topological polar surface area (TPSA) is 54.6 Å². The van der Waals surface area contributed by atoms with Crippen molar-refractivity contribution in [1.29, 1.82) is 0 Å². The fourth-order valence-electron chi connectivity index (χ4n) is 3.18. The normalized spacial score (nSPS) is 17.9. The van der Waals surface area contributed by atoms with E-state index in [2.05, 4.69) is 31.3 Å². The molecule has 0 bridgehead atoms. The molecule has 0 spiro atoms. The monoisotopic (exact) mass is 344 g/mol. The number of hydrogen-bond donors (Lipinski definition) is 1. The minimum Gasteiger partial charge on any atom is -0.460 e. The predicted molar refractivity (Wildman–Crippen MR) is 97.8 cm³/mol. The number of carbonyl (C=O) groups excluding carboxylic acids is 1. The summed E-state index contributed by atoms with van der Waals surface area (Å²) in [5, 5.41) is 5.97. The van der Waals surface area contributed by atoms with E-state index in [0.717, 1.165) is 30.6 Å². The maximum atomic E-state index is 12.4. The van der Waals surface area contributed by atoms with Gasteiger partial charge in [0.15, 0.2) is 0 Å². The highest BCUT2D eigenvalue weighted by Crippen LogP contribution is 2.40. The summed E-state index contributed by atoms with van der Waals surface area (Å²) in [6, 6.07) is 3.69. The first-order valence-electron chi connectivity index (χ1n) is 8.33. The summed E-state index contributed by atoms with van der Waals surface area (Å²) >= 11 is 1.70. The van der Waals surface area contributed by atoms with Gasteiger partial charge in [-0.15, -0.1) is 11.3 Å². The molecule has 24 heavy (non-hydrogen) atoms. The number of hydrogen-bond acceptors (Lipinski definition) is 4. The first-order chi connectivity index (χ1) is 11.3. The zero-order valence-electron chi connectivity index (χ0n) is 14.7. The van der Waals surface area contributed by atoms with Gasteiger partial charge in [-0.1, -0.05) is 20.8 Å². The number of rotatable bonds is 3. The molecule has 3 rings (SSSR count). The van der Waals surface area contributed by atoms with Gasteiger partial charge in [0.2, 0.25) is 0 Å². The lowest BCUT2D eigenvalue weighted by molar-refractivity contribution is 0.0954. The van der Waals surface area contributed by atoms with Crippen molar-refractivity contribution in [3.63, 3.8) is 0 Å². The standard InChI is InChI=1S/C19H24N2O2S/c1-12-5-7-14(23-12)10-20-21-18(22)16-11-24-17-9-13(19(2,3)4)6-8-15(16)17/h5,7,10-11,13H,6,8-9H2,1-4H3,(H,21,22)/b20-10+/t13-/m1/s1. The molecule has 1 N–H and O–H groups in total. The smallest absolute Gasteiger partial charge is 0.272 e. The van der Waals surface area contributed by atoms with Crippen LogP contribution in [-0.4, -0.2) is 12.1 Å². The summed E-state index contributed by atoms with van der Waals surface area (Å²) in [4.78, 5) is 13.8. The van der Waals surface area contributed by atoms with Crippen LogP contribution in [-0.2, 0) is 12.8 Å². The molecule has 2 heterocycles. The minimum atomic E-state index is -0.138. The fraction of sp³-hybridized carbons (Fsp3) is 0.474. The fourth-order valence-corrected chi connectivity index (χ4v) is 4.34. The molecule has 0 saturated carbocycles. The molecule has 4 nitrogen and oxygen atoms in total. The number of fused-ring (bicyclic) bond motifs is 1. The lowest BCUT2D eigenvalue weighted by Gasteiger charge is -2.33. The Morgan fingerprint density at radius 1 is 1.42 bits per heavy atom. The van der Waals surface area contributed by atoms with E-state index in [0.29, 0.717) is 17.1 Å². The molecule has 0 unspecified atom stereocenters. The molecule has 0 radical (unpaired) electrons. The zero-order chi connectivity index (χ0) is 17.3. The molecule has 2 aromatic heterocycles. The summed E-state index contributed by atoms with van der Waals surface area (Å²) in [6.07, 6.45) is 4.72. The maximum Gasteiger partial charge on any atom is 0.272 e. The second kappa shape index (κ2) is 6.55. The van der Waals surface area contributed by atoms with Crippen LogP contribution in [0.1, 0.15) is 59.5 Å². The summed E-state index contributed by atoms with van der Waals surface area (Å²) in [5.41, 5.74) is 4.91. The van der Waals surface area contributed by atoms with Crippen LogP contribution in [0.3, 0.4) is 0 Å². The summed E-state index contributed by atoms with van der Waals surface area (Å²) < 4.78 is 5.39. The van der Waals surface area contributed by atoms with Crippen LogP contribution in [0.2, 0.25) is 0 Å². The van der Waals surface area contributed by atoms with Gasteiger partial charge >= 0.3 is 0 Å². The highest BCUT2D eigenvalue weighted by Gasteiger charge is 2.31. The van der Waals surface area contributed by atoms with E-state index in [-0.39, 0.29) is 5.91 Å². The SMILES string of the molecule is Cc1ccc(/C=N/NC(=O)c2csc3c2CC[C@@H](C(C)(C)C)C3)o1. The van der Waals surface area contributed by atoms with E-state index in [1.807, 2.05) is 24.4 Å². The van der Waals surface area contributed by atoms with Crippen molar-refractivity contribution in [2.75, 3.05) is 0 Å². The minimum absolute atomic E-state index is 0.138. The third kappa shape index (κ3) is 3.61. The van der Waals surface area contributed by atoms with E-state index < -0.39 is 0 Å². The van der Waals surface area contributed by atoms with Gasteiger partial charge in [-0.05, 0) is 55.2 Å². The number of amides is 1. The Labute approximate surface area is 147 Å². The summed E-state index contributed by atoms with van der Waals surface area (Å²) in [5.74, 6) is 2.00. The molecule has 2 aromatic rings. The van der Waals surface area contributed by atoms with Crippen molar-refractivity contribution in [2.24, 2.45) is 16.4 Å². The van der Waals surface area contributed by atoms with Crippen molar-refractivity contribution in [1.82, 2.24) is 5.43 Å². The van der Waals surface area contributed by atoms with Crippen LogP contribution in [0.4, 0.5) is 0 Å². The first-order valence-corrected chi connectivity index (χ1v) is 9.21. The number of nitrogens with zero attached hydrogens (tertiary/aromatic N) is 1. The Kier molecular flexibility index (Phi) is 4.63. The number of aryl methyl sites for hydroxylation is 1. The predicted octanol–water partition coefficient (Wildman–Crippen LogP) is 4.56. The molecule has 1 atom stereocenters. The van der Waals surface area contributed by atoms with Gasteiger partial charge in [0, 0.05) is 10.3 Å². The first kappa shape index (κ1) is 17.0. The number of furan rings is 1. The Hall–Kier alpha value is -1.88. The lowest BCUT2D eigenvalue weighted by Crippen LogP contribution is -2.27. The molecule has 0 aliphatic heterocycles. The largest absolute Gasteiger partial charge is 0.460 e. The molecule has 1 aliphatic rings. The van der Waals surface area contributed by atoms with E-state index in [1.54, 1.807) is 11.3 Å². The molecule has 0 saturated heterocycles. The molecule has 0 aromatic carbocycles. The van der Waals surface area contributed by atoms with Gasteiger partial charge in [0.1, 0.15) is 11.5 Å². The summed E-state index contributed by atoms with van der Waals surface area (Å²) in [7, 11) is 0. The van der Waals surface area contributed by atoms with Crippen molar-refractivity contribution in [2.45, 2.75) is 47.0 Å². The highest BCUT2D eigenvalue weighted by atomic mass is 32.1. The average molecular weight is 344 g/mol. The molecule has 5 heteroatoms. The van der Waals surface area contributed by atoms with E-state index in [1.165, 1.54) is 16.7 Å². The van der Waals surface area contributed by atoms with Crippen molar-refractivity contribution in [3.8, 4) is 0 Å². The molecular formula is C19H24N2O2S. The van der Waals surface area contributed by atoms with Gasteiger partial charge < -0.3 is 4.42 Å². The van der Waals surface area contributed by atoms with Crippen LogP contribution in [0.15, 0.2) is 27.0 Å². The zero-order valence-corrected chi connectivity index (χ0v) is 15.5. The lowest BCUT2D eigenvalue weighted by atomic mass is 9.72. The quantitative estimate of drug-likeness (QED) is 0.655. The second-order valence-electron chi connectivity index (χ2n) is 7.50. The van der Waals surface area contributed by atoms with Crippen molar-refractivity contribution in [3.05, 3.63) is 45.0 Å². The van der Waals surface area contributed by atoms with E-state index >= 15 is 0 Å². The van der Waals surface area contributed by atoms with Crippen LogP contribution < -0.4 is 5.43 Å². The van der Waals surface area contributed by atoms with Gasteiger partial charge in [-0.3, -0.25) is 4.79 Å². The molecule has 128 valence electrons. The molecule has 1 aliphatic carbocycles. The number of nitrogens with one attached hydrogen (secondary N) is 1. The van der Waals surface area contributed by atoms with Crippen LogP contribution in [0, 0.1) is 18.3 Å². The Bertz CT molecular complexity index is 765.